The summed E-state index contributed by atoms with van der Waals surface area (Å²) < 4.78 is 5.66. The minimum Gasteiger partial charge on any atom is -0.481 e. The van der Waals surface area contributed by atoms with Crippen molar-refractivity contribution in [2.45, 2.75) is 26.9 Å². The first-order valence-electron chi connectivity index (χ1n) is 8.28. The second-order valence-electron chi connectivity index (χ2n) is 6.83. The molecular formula is C18H26N2O4. The Morgan fingerprint density at radius 3 is 2.71 bits per heavy atom. The highest BCUT2D eigenvalue weighted by Gasteiger charge is 2.42. The number of likely N-dealkylation sites (tertiary alicyclic amines) is 1. The van der Waals surface area contributed by atoms with Gasteiger partial charge < -0.3 is 20.1 Å². The van der Waals surface area contributed by atoms with Gasteiger partial charge in [0.15, 0.2) is 0 Å². The van der Waals surface area contributed by atoms with Gasteiger partial charge in [-0.15, -0.1) is 0 Å². The van der Waals surface area contributed by atoms with E-state index in [0.717, 1.165) is 5.56 Å². The highest BCUT2D eigenvalue weighted by Crippen LogP contribution is 2.29. The van der Waals surface area contributed by atoms with Gasteiger partial charge in [0.2, 0.25) is 0 Å². The van der Waals surface area contributed by atoms with Crippen molar-refractivity contribution in [3.8, 4) is 0 Å². The van der Waals surface area contributed by atoms with Gasteiger partial charge in [0.05, 0.1) is 18.6 Å². The van der Waals surface area contributed by atoms with Crippen LogP contribution in [0, 0.1) is 11.3 Å². The Kier molecular flexibility index (Phi) is 6.20. The minimum absolute atomic E-state index is 0.186. The van der Waals surface area contributed by atoms with Crippen molar-refractivity contribution in [3.05, 3.63) is 35.9 Å². The van der Waals surface area contributed by atoms with Crippen molar-refractivity contribution in [2.24, 2.45) is 11.3 Å². The fourth-order valence-corrected chi connectivity index (χ4v) is 2.69. The summed E-state index contributed by atoms with van der Waals surface area (Å²) in [4.78, 5) is 24.9. The summed E-state index contributed by atoms with van der Waals surface area (Å²) in [5.41, 5.74) is 0.292. The molecule has 1 aliphatic rings. The maximum absolute atomic E-state index is 12.1. The summed E-state index contributed by atoms with van der Waals surface area (Å²) in [5, 5.41) is 12.1. The van der Waals surface area contributed by atoms with Crippen LogP contribution in [0.25, 0.3) is 0 Å². The number of aliphatic carboxylic acids is 1. The number of benzene rings is 1. The lowest BCUT2D eigenvalue weighted by atomic mass is 9.90. The maximum atomic E-state index is 12.1. The topological polar surface area (TPSA) is 78.9 Å². The third kappa shape index (κ3) is 4.96. The second kappa shape index (κ2) is 8.15. The van der Waals surface area contributed by atoms with Crippen LogP contribution in [-0.2, 0) is 16.1 Å². The summed E-state index contributed by atoms with van der Waals surface area (Å²) in [6.07, 6.45) is 0.492. The average molecular weight is 334 g/mol. The number of carboxylic acids is 1. The lowest BCUT2D eigenvalue weighted by Gasteiger charge is -2.21. The first kappa shape index (κ1) is 18.3. The van der Waals surface area contributed by atoms with E-state index in [1.807, 2.05) is 37.3 Å². The number of nitrogens with one attached hydrogen (secondary N) is 1. The predicted octanol–water partition coefficient (Wildman–Crippen LogP) is 2.35. The third-order valence-electron chi connectivity index (χ3n) is 4.39. The zero-order valence-electron chi connectivity index (χ0n) is 14.3. The summed E-state index contributed by atoms with van der Waals surface area (Å²) >= 11 is 0. The zero-order valence-corrected chi connectivity index (χ0v) is 14.3. The number of nitrogens with zero attached hydrogens (tertiary/aromatic N) is 1. The first-order valence-corrected chi connectivity index (χ1v) is 8.28. The van der Waals surface area contributed by atoms with E-state index in [1.54, 1.807) is 11.8 Å². The molecule has 24 heavy (non-hydrogen) atoms. The van der Waals surface area contributed by atoms with Crippen LogP contribution < -0.4 is 5.32 Å². The number of carboxylic acid groups (broad SMARTS) is 1. The van der Waals surface area contributed by atoms with Gasteiger partial charge >= 0.3 is 12.0 Å². The fourth-order valence-electron chi connectivity index (χ4n) is 2.69. The first-order chi connectivity index (χ1) is 11.4. The monoisotopic (exact) mass is 334 g/mol. The molecule has 2 rings (SSSR count). The van der Waals surface area contributed by atoms with Gasteiger partial charge in [0, 0.05) is 19.6 Å². The fraction of sp³-hybridized carbons (Fsp3) is 0.556. The van der Waals surface area contributed by atoms with Gasteiger partial charge in [0.1, 0.15) is 0 Å². The molecule has 6 heteroatoms. The van der Waals surface area contributed by atoms with Crippen molar-refractivity contribution in [3.63, 3.8) is 0 Å². The largest absolute Gasteiger partial charge is 0.481 e. The lowest BCUT2D eigenvalue weighted by Crippen LogP contribution is -2.42. The van der Waals surface area contributed by atoms with Crippen LogP contribution in [0.15, 0.2) is 30.3 Å². The Balaban J connectivity index is 1.65. The molecule has 1 heterocycles. The van der Waals surface area contributed by atoms with Crippen molar-refractivity contribution in [1.29, 1.82) is 0 Å². The number of carbonyl (C=O) groups is 2. The molecule has 0 radical (unpaired) electrons. The minimum atomic E-state index is -0.847. The highest BCUT2D eigenvalue weighted by atomic mass is 16.5. The van der Waals surface area contributed by atoms with Gasteiger partial charge in [0.25, 0.3) is 0 Å². The molecule has 1 saturated heterocycles. The van der Waals surface area contributed by atoms with E-state index in [-0.39, 0.29) is 18.5 Å². The molecule has 2 amide bonds. The van der Waals surface area contributed by atoms with Gasteiger partial charge in [-0.1, -0.05) is 37.3 Å². The number of hydrogen-bond acceptors (Lipinski definition) is 3. The lowest BCUT2D eigenvalue weighted by molar-refractivity contribution is -0.147. The van der Waals surface area contributed by atoms with Crippen LogP contribution in [0.4, 0.5) is 4.79 Å². The highest BCUT2D eigenvalue weighted by molar-refractivity contribution is 5.79. The smallest absolute Gasteiger partial charge is 0.317 e. The SMILES string of the molecule is CC(CNC(=O)N1CCC(C)(C(=O)O)C1)COCc1ccccc1. The number of ether oxygens (including phenoxy) is 1. The number of hydrogen-bond donors (Lipinski definition) is 2. The van der Waals surface area contributed by atoms with E-state index in [9.17, 15) is 14.7 Å². The molecule has 2 atom stereocenters. The van der Waals surface area contributed by atoms with Crippen LogP contribution in [0.2, 0.25) is 0 Å². The van der Waals surface area contributed by atoms with Crippen molar-refractivity contribution in [1.82, 2.24) is 10.2 Å². The van der Waals surface area contributed by atoms with E-state index in [2.05, 4.69) is 5.32 Å². The predicted molar refractivity (Wildman–Crippen MR) is 90.6 cm³/mol. The normalized spacial score (nSPS) is 21.5. The van der Waals surface area contributed by atoms with Crippen molar-refractivity contribution >= 4 is 12.0 Å². The van der Waals surface area contributed by atoms with Crippen molar-refractivity contribution in [2.75, 3.05) is 26.2 Å². The van der Waals surface area contributed by atoms with Crippen LogP contribution in [-0.4, -0.2) is 48.2 Å². The van der Waals surface area contributed by atoms with E-state index in [1.165, 1.54) is 0 Å². The molecule has 1 aromatic rings. The summed E-state index contributed by atoms with van der Waals surface area (Å²) in [7, 11) is 0. The van der Waals surface area contributed by atoms with E-state index < -0.39 is 11.4 Å². The molecule has 132 valence electrons. The van der Waals surface area contributed by atoms with E-state index in [4.69, 9.17) is 4.74 Å². The molecule has 6 nitrogen and oxygen atoms in total. The average Bonchev–Trinajstić information content (AvgIpc) is 2.98. The summed E-state index contributed by atoms with van der Waals surface area (Å²) in [6.45, 7) is 6.05. The maximum Gasteiger partial charge on any atom is 0.317 e. The summed E-state index contributed by atoms with van der Waals surface area (Å²) in [6, 6.07) is 9.75. The standard InChI is InChI=1S/C18H26N2O4/c1-14(11-24-12-15-6-4-3-5-7-15)10-19-17(23)20-9-8-18(2,13-20)16(21)22/h3-7,14H,8-13H2,1-2H3,(H,19,23)(H,21,22). The molecular weight excluding hydrogens is 308 g/mol. The Morgan fingerprint density at radius 1 is 1.38 bits per heavy atom. The number of rotatable bonds is 7. The Labute approximate surface area is 142 Å². The number of carbonyl (C=O) groups excluding carboxylic acids is 1. The third-order valence-corrected chi connectivity index (χ3v) is 4.39. The molecule has 2 N–H and O–H groups in total. The Bertz CT molecular complexity index is 563. The molecule has 0 aromatic heterocycles. The van der Waals surface area contributed by atoms with Crippen LogP contribution in [0.5, 0.6) is 0 Å². The Hall–Kier alpha value is -2.08. The molecule has 2 unspecified atom stereocenters. The molecule has 1 fully saturated rings. The molecule has 1 aromatic carbocycles. The molecule has 0 saturated carbocycles. The van der Waals surface area contributed by atoms with Crippen molar-refractivity contribution < 1.29 is 19.4 Å². The number of urea groups is 1. The van der Waals surface area contributed by atoms with Gasteiger partial charge in [-0.3, -0.25) is 4.79 Å². The number of amides is 2. The second-order valence-corrected chi connectivity index (χ2v) is 6.83. The summed E-state index contributed by atoms with van der Waals surface area (Å²) in [5.74, 6) is -0.661. The van der Waals surface area contributed by atoms with E-state index >= 15 is 0 Å². The molecule has 0 spiro atoms. The van der Waals surface area contributed by atoms with Gasteiger partial charge in [-0.05, 0) is 24.8 Å². The van der Waals surface area contributed by atoms with Gasteiger partial charge in [-0.2, -0.15) is 0 Å². The van der Waals surface area contributed by atoms with Crippen LogP contribution >= 0.6 is 0 Å². The van der Waals surface area contributed by atoms with Crippen LogP contribution in [0.3, 0.4) is 0 Å². The van der Waals surface area contributed by atoms with Crippen LogP contribution in [0.1, 0.15) is 25.8 Å². The Morgan fingerprint density at radius 2 is 2.08 bits per heavy atom. The van der Waals surface area contributed by atoms with Gasteiger partial charge in [-0.25, -0.2) is 4.79 Å². The quantitative estimate of drug-likeness (QED) is 0.802. The van der Waals surface area contributed by atoms with E-state index in [0.29, 0.717) is 32.7 Å². The zero-order chi connectivity index (χ0) is 17.6. The molecule has 0 bridgehead atoms. The molecule has 0 aliphatic carbocycles. The molecule has 1 aliphatic heterocycles.